The van der Waals surface area contributed by atoms with Gasteiger partial charge in [-0.15, -0.1) is 0 Å². The number of para-hydroxylation sites is 2. The summed E-state index contributed by atoms with van der Waals surface area (Å²) in [4.78, 5) is 28.5. The van der Waals surface area contributed by atoms with Crippen LogP contribution in [0.5, 0.6) is 5.75 Å². The van der Waals surface area contributed by atoms with Gasteiger partial charge in [-0.05, 0) is 57.0 Å². The van der Waals surface area contributed by atoms with Gasteiger partial charge in [0, 0.05) is 18.2 Å². The summed E-state index contributed by atoms with van der Waals surface area (Å²) in [6.07, 6.45) is 3.75. The lowest BCUT2D eigenvalue weighted by Gasteiger charge is -2.33. The number of halogens is 1. The van der Waals surface area contributed by atoms with Crippen molar-refractivity contribution >= 4 is 27.5 Å². The number of hydrogen-bond donors (Lipinski definition) is 1. The first-order chi connectivity index (χ1) is 19.6. The van der Waals surface area contributed by atoms with Gasteiger partial charge in [0.1, 0.15) is 24.2 Å². The maximum Gasteiger partial charge on any atom is 0.264 e. The van der Waals surface area contributed by atoms with E-state index in [9.17, 15) is 22.4 Å². The highest BCUT2D eigenvalue weighted by Gasteiger charge is 2.34. The SMILES string of the molecule is COc1ccccc1N(CC(=O)N(Cc1ccccc1F)[C@@H](C)C(=O)NC1CCCC1)S(=O)(=O)c1ccc(C)cc1. The highest BCUT2D eigenvalue weighted by molar-refractivity contribution is 7.92. The number of nitrogens with one attached hydrogen (secondary N) is 1. The van der Waals surface area contributed by atoms with E-state index in [1.54, 1.807) is 55.5 Å². The molecule has 0 aliphatic heterocycles. The number of benzene rings is 3. The van der Waals surface area contributed by atoms with E-state index in [1.165, 1.54) is 36.3 Å². The second-order valence-electron chi connectivity index (χ2n) is 10.3. The molecule has 0 aromatic heterocycles. The largest absolute Gasteiger partial charge is 0.495 e. The van der Waals surface area contributed by atoms with Crippen LogP contribution in [0.1, 0.15) is 43.7 Å². The maximum absolute atomic E-state index is 14.7. The van der Waals surface area contributed by atoms with Crippen LogP contribution in [0.15, 0.2) is 77.7 Å². The maximum atomic E-state index is 14.7. The first-order valence-corrected chi connectivity index (χ1v) is 15.1. The topological polar surface area (TPSA) is 96.0 Å². The smallest absolute Gasteiger partial charge is 0.264 e. The van der Waals surface area contributed by atoms with Crippen LogP contribution in [0.2, 0.25) is 0 Å². The Morgan fingerprint density at radius 1 is 1.00 bits per heavy atom. The van der Waals surface area contributed by atoms with Gasteiger partial charge < -0.3 is 15.0 Å². The lowest BCUT2D eigenvalue weighted by molar-refractivity contribution is -0.139. The molecule has 1 saturated carbocycles. The van der Waals surface area contributed by atoms with Crippen LogP contribution in [0.25, 0.3) is 0 Å². The van der Waals surface area contributed by atoms with Crippen molar-refractivity contribution in [3.63, 3.8) is 0 Å². The molecule has 0 bridgehead atoms. The Hall–Kier alpha value is -3.92. The standard InChI is InChI=1S/C31H36FN3O5S/c1-22-16-18-26(19-17-22)41(38,39)35(28-14-8-9-15-29(28)40-3)21-30(36)34(20-24-10-4-7-13-27(24)32)23(2)31(37)33-25-11-5-6-12-25/h4,7-10,13-19,23,25H,5-6,11-12,20-21H2,1-3H3,(H,33,37)/t23-/m0/s1. The van der Waals surface area contributed by atoms with Gasteiger partial charge in [-0.1, -0.05) is 60.9 Å². The summed E-state index contributed by atoms with van der Waals surface area (Å²) in [7, 11) is -2.83. The Labute approximate surface area is 241 Å². The number of ether oxygens (including phenoxy) is 1. The third-order valence-electron chi connectivity index (χ3n) is 7.41. The van der Waals surface area contributed by atoms with Crippen molar-refractivity contribution in [1.82, 2.24) is 10.2 Å². The molecule has 4 rings (SSSR count). The zero-order valence-electron chi connectivity index (χ0n) is 23.5. The molecule has 41 heavy (non-hydrogen) atoms. The molecule has 1 aliphatic rings. The van der Waals surface area contributed by atoms with Crippen LogP contribution in [0.4, 0.5) is 10.1 Å². The lowest BCUT2D eigenvalue weighted by Crippen LogP contribution is -2.52. The molecular weight excluding hydrogens is 545 g/mol. The highest BCUT2D eigenvalue weighted by Crippen LogP contribution is 2.32. The van der Waals surface area contributed by atoms with Gasteiger partial charge >= 0.3 is 0 Å². The quantitative estimate of drug-likeness (QED) is 0.351. The number of rotatable bonds is 11. The summed E-state index contributed by atoms with van der Waals surface area (Å²) in [5.41, 5.74) is 1.26. The number of sulfonamides is 1. The summed E-state index contributed by atoms with van der Waals surface area (Å²) in [5.74, 6) is -1.30. The van der Waals surface area contributed by atoms with E-state index in [-0.39, 0.29) is 40.4 Å². The van der Waals surface area contributed by atoms with E-state index in [2.05, 4.69) is 5.32 Å². The average Bonchev–Trinajstić information content (AvgIpc) is 3.48. The number of anilines is 1. The number of aryl methyl sites for hydroxylation is 1. The van der Waals surface area contributed by atoms with E-state index in [0.29, 0.717) is 0 Å². The molecule has 1 N–H and O–H groups in total. The minimum atomic E-state index is -4.25. The van der Waals surface area contributed by atoms with Crippen LogP contribution < -0.4 is 14.4 Å². The van der Waals surface area contributed by atoms with E-state index in [4.69, 9.17) is 4.74 Å². The number of hydrogen-bond acceptors (Lipinski definition) is 5. The minimum Gasteiger partial charge on any atom is -0.495 e. The van der Waals surface area contributed by atoms with Crippen LogP contribution >= 0.6 is 0 Å². The van der Waals surface area contributed by atoms with E-state index in [1.807, 2.05) is 6.92 Å². The van der Waals surface area contributed by atoms with Gasteiger partial charge in [-0.3, -0.25) is 13.9 Å². The van der Waals surface area contributed by atoms with Crippen LogP contribution in [-0.4, -0.2) is 50.9 Å². The van der Waals surface area contributed by atoms with Crippen molar-refractivity contribution in [3.8, 4) is 5.75 Å². The van der Waals surface area contributed by atoms with Crippen molar-refractivity contribution in [1.29, 1.82) is 0 Å². The number of carbonyl (C=O) groups is 2. The number of amides is 2. The van der Waals surface area contributed by atoms with Gasteiger partial charge in [-0.2, -0.15) is 0 Å². The first kappa shape index (κ1) is 30.0. The third-order valence-corrected chi connectivity index (χ3v) is 9.18. The molecule has 0 saturated heterocycles. The fourth-order valence-electron chi connectivity index (χ4n) is 4.97. The summed E-state index contributed by atoms with van der Waals surface area (Å²) in [5, 5.41) is 3.00. The molecule has 3 aromatic rings. The summed E-state index contributed by atoms with van der Waals surface area (Å²) >= 11 is 0. The normalized spacial score (nSPS) is 14.3. The molecule has 0 spiro atoms. The molecule has 0 unspecified atom stereocenters. The van der Waals surface area contributed by atoms with Crippen molar-refractivity contribution in [2.24, 2.45) is 0 Å². The predicted molar refractivity (Wildman–Crippen MR) is 156 cm³/mol. The molecule has 10 heteroatoms. The van der Waals surface area contributed by atoms with Crippen molar-refractivity contribution in [2.75, 3.05) is 18.0 Å². The fourth-order valence-corrected chi connectivity index (χ4v) is 6.40. The third kappa shape index (κ3) is 7.05. The Bertz CT molecular complexity index is 1470. The first-order valence-electron chi connectivity index (χ1n) is 13.7. The van der Waals surface area contributed by atoms with Gasteiger partial charge in [0.05, 0.1) is 17.7 Å². The zero-order chi connectivity index (χ0) is 29.6. The van der Waals surface area contributed by atoms with Crippen molar-refractivity contribution in [2.45, 2.75) is 63.1 Å². The Morgan fingerprint density at radius 3 is 2.29 bits per heavy atom. The van der Waals surface area contributed by atoms with Crippen LogP contribution in [0.3, 0.4) is 0 Å². The van der Waals surface area contributed by atoms with Crippen molar-refractivity contribution < 1.29 is 27.1 Å². The van der Waals surface area contributed by atoms with E-state index in [0.717, 1.165) is 35.6 Å². The molecule has 1 aliphatic carbocycles. The van der Waals surface area contributed by atoms with Gasteiger partial charge in [0.25, 0.3) is 10.0 Å². The second-order valence-corrected chi connectivity index (χ2v) is 12.1. The van der Waals surface area contributed by atoms with Crippen LogP contribution in [0, 0.1) is 12.7 Å². The molecule has 0 radical (unpaired) electrons. The molecule has 2 amide bonds. The summed E-state index contributed by atoms with van der Waals surface area (Å²) < 4.78 is 49.1. The second kappa shape index (κ2) is 13.2. The van der Waals surface area contributed by atoms with Crippen molar-refractivity contribution in [3.05, 3.63) is 89.7 Å². The Morgan fingerprint density at radius 2 is 1.63 bits per heavy atom. The zero-order valence-corrected chi connectivity index (χ0v) is 24.4. The summed E-state index contributed by atoms with van der Waals surface area (Å²) in [6.45, 7) is 2.57. The van der Waals surface area contributed by atoms with Gasteiger partial charge in [-0.25, -0.2) is 12.8 Å². The molecule has 0 heterocycles. The highest BCUT2D eigenvalue weighted by atomic mass is 32.2. The number of methoxy groups -OCH3 is 1. The molecular formula is C31H36FN3O5S. The molecule has 218 valence electrons. The van der Waals surface area contributed by atoms with E-state index >= 15 is 0 Å². The Balaban J connectivity index is 1.72. The monoisotopic (exact) mass is 581 g/mol. The summed E-state index contributed by atoms with van der Waals surface area (Å²) in [6, 6.07) is 17.8. The van der Waals surface area contributed by atoms with Gasteiger partial charge in [0.2, 0.25) is 11.8 Å². The lowest BCUT2D eigenvalue weighted by atomic mass is 10.1. The number of carbonyl (C=O) groups excluding carboxylic acids is 2. The molecule has 3 aromatic carbocycles. The minimum absolute atomic E-state index is 0.00511. The predicted octanol–water partition coefficient (Wildman–Crippen LogP) is 4.81. The van der Waals surface area contributed by atoms with Gasteiger partial charge in [0.15, 0.2) is 0 Å². The average molecular weight is 582 g/mol. The molecule has 1 atom stereocenters. The van der Waals surface area contributed by atoms with Crippen LogP contribution in [-0.2, 0) is 26.2 Å². The molecule has 1 fully saturated rings. The molecule has 8 nitrogen and oxygen atoms in total. The number of nitrogens with zero attached hydrogens (tertiary/aromatic N) is 2. The Kier molecular flexibility index (Phi) is 9.65. The van der Waals surface area contributed by atoms with E-state index < -0.39 is 34.3 Å². The fraction of sp³-hybridized carbons (Fsp3) is 0.355.